The van der Waals surface area contributed by atoms with Crippen molar-refractivity contribution in [3.8, 4) is 5.69 Å². The second kappa shape index (κ2) is 9.87. The van der Waals surface area contributed by atoms with E-state index < -0.39 is 0 Å². The maximum atomic E-state index is 12.8. The van der Waals surface area contributed by atoms with Crippen molar-refractivity contribution in [2.75, 3.05) is 19.6 Å². The van der Waals surface area contributed by atoms with Crippen LogP contribution in [0.1, 0.15) is 47.6 Å². The van der Waals surface area contributed by atoms with Gasteiger partial charge in [0.05, 0.1) is 6.04 Å². The van der Waals surface area contributed by atoms with Gasteiger partial charge in [-0.1, -0.05) is 36.6 Å². The molecule has 1 unspecified atom stereocenters. The average molecular weight is 424 g/mol. The standard InChI is InChI=1S/C23H26ClN5O/c24-20-9-5-18(6-10-20)22(28-13-3-1-2-4-14-28)15-25-23(30)19-7-11-21(12-8-19)29-16-26-27-17-29/h5-12,16-17,22H,1-4,13-15H2,(H,25,30). The van der Waals surface area contributed by atoms with Gasteiger partial charge in [0, 0.05) is 22.8 Å². The summed E-state index contributed by atoms with van der Waals surface area (Å²) >= 11 is 6.09. The number of hydrogen-bond acceptors (Lipinski definition) is 4. The summed E-state index contributed by atoms with van der Waals surface area (Å²) in [7, 11) is 0. The fourth-order valence-corrected chi connectivity index (χ4v) is 4.09. The molecule has 3 aromatic rings. The van der Waals surface area contributed by atoms with Gasteiger partial charge < -0.3 is 5.32 Å². The number of hydrogen-bond donors (Lipinski definition) is 1. The predicted molar refractivity (Wildman–Crippen MR) is 118 cm³/mol. The van der Waals surface area contributed by atoms with Gasteiger partial charge in [0.25, 0.3) is 5.91 Å². The zero-order valence-electron chi connectivity index (χ0n) is 16.9. The van der Waals surface area contributed by atoms with Crippen molar-refractivity contribution in [2.24, 2.45) is 0 Å². The molecule has 1 aliphatic rings. The number of carbonyl (C=O) groups excluding carboxylic acids is 1. The Morgan fingerprint density at radius 3 is 2.20 bits per heavy atom. The molecule has 7 heteroatoms. The van der Waals surface area contributed by atoms with Gasteiger partial charge in [0.15, 0.2) is 0 Å². The lowest BCUT2D eigenvalue weighted by atomic mass is 10.0. The van der Waals surface area contributed by atoms with Gasteiger partial charge in [-0.3, -0.25) is 14.3 Å². The van der Waals surface area contributed by atoms with E-state index in [1.807, 2.05) is 36.4 Å². The number of halogens is 1. The van der Waals surface area contributed by atoms with Gasteiger partial charge in [-0.2, -0.15) is 0 Å². The van der Waals surface area contributed by atoms with E-state index in [2.05, 4.69) is 32.5 Å². The van der Waals surface area contributed by atoms with E-state index in [-0.39, 0.29) is 11.9 Å². The van der Waals surface area contributed by atoms with E-state index in [0.29, 0.717) is 12.1 Å². The van der Waals surface area contributed by atoms with Crippen LogP contribution in [-0.4, -0.2) is 45.2 Å². The molecule has 0 bridgehead atoms. The molecule has 2 aromatic carbocycles. The number of likely N-dealkylation sites (tertiary alicyclic amines) is 1. The number of benzene rings is 2. The molecule has 156 valence electrons. The van der Waals surface area contributed by atoms with Crippen molar-refractivity contribution in [3.63, 3.8) is 0 Å². The molecule has 1 aromatic heterocycles. The van der Waals surface area contributed by atoms with E-state index in [0.717, 1.165) is 23.8 Å². The minimum atomic E-state index is -0.0703. The Labute approximate surface area is 181 Å². The quantitative estimate of drug-likeness (QED) is 0.643. The summed E-state index contributed by atoms with van der Waals surface area (Å²) in [6.45, 7) is 2.67. The SMILES string of the molecule is O=C(NCC(c1ccc(Cl)cc1)N1CCCCCC1)c1ccc(-n2cnnc2)cc1. The van der Waals surface area contributed by atoms with Crippen molar-refractivity contribution in [2.45, 2.75) is 31.7 Å². The third-order valence-corrected chi connectivity index (χ3v) is 5.89. The molecule has 4 rings (SSSR count). The van der Waals surface area contributed by atoms with Crippen LogP contribution in [0, 0.1) is 0 Å². The highest BCUT2D eigenvalue weighted by molar-refractivity contribution is 6.30. The predicted octanol–water partition coefficient (Wildman–Crippen LogP) is 4.27. The van der Waals surface area contributed by atoms with Gasteiger partial charge in [0.2, 0.25) is 0 Å². The fraction of sp³-hybridized carbons (Fsp3) is 0.348. The van der Waals surface area contributed by atoms with Gasteiger partial charge in [-0.25, -0.2) is 0 Å². The number of aromatic nitrogens is 3. The molecule has 1 N–H and O–H groups in total. The second-order valence-corrected chi connectivity index (χ2v) is 8.08. The minimum absolute atomic E-state index is 0.0703. The monoisotopic (exact) mass is 423 g/mol. The smallest absolute Gasteiger partial charge is 0.251 e. The molecule has 1 saturated heterocycles. The van der Waals surface area contributed by atoms with Crippen molar-refractivity contribution in [3.05, 3.63) is 77.3 Å². The number of amides is 1. The maximum Gasteiger partial charge on any atom is 0.251 e. The Morgan fingerprint density at radius 1 is 0.933 bits per heavy atom. The Morgan fingerprint density at radius 2 is 1.57 bits per heavy atom. The van der Waals surface area contributed by atoms with Crippen molar-refractivity contribution in [1.29, 1.82) is 0 Å². The van der Waals surface area contributed by atoms with Crippen LogP contribution in [0.3, 0.4) is 0 Å². The molecule has 1 fully saturated rings. The van der Waals surface area contributed by atoms with Crippen molar-refractivity contribution in [1.82, 2.24) is 25.0 Å². The summed E-state index contributed by atoms with van der Waals surface area (Å²) in [5.41, 5.74) is 2.74. The number of nitrogens with one attached hydrogen (secondary N) is 1. The van der Waals surface area contributed by atoms with E-state index in [1.54, 1.807) is 17.2 Å². The molecule has 1 aliphatic heterocycles. The molecule has 2 heterocycles. The van der Waals surface area contributed by atoms with E-state index in [9.17, 15) is 4.79 Å². The van der Waals surface area contributed by atoms with Gasteiger partial charge in [-0.05, 0) is 67.9 Å². The summed E-state index contributed by atoms with van der Waals surface area (Å²) in [4.78, 5) is 15.3. The van der Waals surface area contributed by atoms with E-state index in [1.165, 1.54) is 31.2 Å². The summed E-state index contributed by atoms with van der Waals surface area (Å²) in [5, 5.41) is 11.5. The topological polar surface area (TPSA) is 63.1 Å². The molecule has 30 heavy (non-hydrogen) atoms. The highest BCUT2D eigenvalue weighted by Crippen LogP contribution is 2.25. The lowest BCUT2D eigenvalue weighted by Crippen LogP contribution is -2.38. The molecule has 0 aliphatic carbocycles. The van der Waals surface area contributed by atoms with Gasteiger partial charge in [0.1, 0.15) is 12.7 Å². The molecular formula is C23H26ClN5O. The first kappa shape index (κ1) is 20.6. The third kappa shape index (κ3) is 5.07. The van der Waals surface area contributed by atoms with Crippen LogP contribution in [0.2, 0.25) is 5.02 Å². The number of rotatable bonds is 6. The summed E-state index contributed by atoms with van der Waals surface area (Å²) in [5.74, 6) is -0.0703. The Kier molecular flexibility index (Phi) is 6.77. The van der Waals surface area contributed by atoms with Crippen molar-refractivity contribution >= 4 is 17.5 Å². The molecule has 0 spiro atoms. The average Bonchev–Trinajstić information content (AvgIpc) is 3.19. The lowest BCUT2D eigenvalue weighted by Gasteiger charge is -2.31. The zero-order chi connectivity index (χ0) is 20.8. The highest BCUT2D eigenvalue weighted by Gasteiger charge is 2.22. The molecular weight excluding hydrogens is 398 g/mol. The first-order chi connectivity index (χ1) is 14.7. The fourth-order valence-electron chi connectivity index (χ4n) is 3.96. The van der Waals surface area contributed by atoms with Crippen LogP contribution < -0.4 is 5.32 Å². The van der Waals surface area contributed by atoms with Crippen LogP contribution in [0.4, 0.5) is 0 Å². The summed E-state index contributed by atoms with van der Waals surface area (Å²) < 4.78 is 1.80. The van der Waals surface area contributed by atoms with Crippen LogP contribution in [-0.2, 0) is 0 Å². The van der Waals surface area contributed by atoms with Crippen LogP contribution in [0.25, 0.3) is 5.69 Å². The molecule has 1 atom stereocenters. The maximum absolute atomic E-state index is 12.8. The third-order valence-electron chi connectivity index (χ3n) is 5.64. The number of carbonyl (C=O) groups is 1. The molecule has 0 radical (unpaired) electrons. The molecule has 6 nitrogen and oxygen atoms in total. The lowest BCUT2D eigenvalue weighted by molar-refractivity contribution is 0.0933. The minimum Gasteiger partial charge on any atom is -0.350 e. The Balaban J connectivity index is 1.45. The normalized spacial score (nSPS) is 16.0. The zero-order valence-corrected chi connectivity index (χ0v) is 17.6. The van der Waals surface area contributed by atoms with Gasteiger partial charge in [-0.15, -0.1) is 10.2 Å². The first-order valence-corrected chi connectivity index (χ1v) is 10.8. The van der Waals surface area contributed by atoms with Gasteiger partial charge >= 0.3 is 0 Å². The van der Waals surface area contributed by atoms with Crippen LogP contribution in [0.5, 0.6) is 0 Å². The Bertz CT molecular complexity index is 933. The van der Waals surface area contributed by atoms with E-state index >= 15 is 0 Å². The number of nitrogens with zero attached hydrogens (tertiary/aromatic N) is 4. The van der Waals surface area contributed by atoms with Crippen molar-refractivity contribution < 1.29 is 4.79 Å². The molecule has 0 saturated carbocycles. The second-order valence-electron chi connectivity index (χ2n) is 7.64. The van der Waals surface area contributed by atoms with E-state index in [4.69, 9.17) is 11.6 Å². The Hall–Kier alpha value is -2.70. The van der Waals surface area contributed by atoms with Crippen LogP contribution in [0.15, 0.2) is 61.2 Å². The highest BCUT2D eigenvalue weighted by atomic mass is 35.5. The summed E-state index contributed by atoms with van der Waals surface area (Å²) in [6.07, 6.45) is 8.20. The summed E-state index contributed by atoms with van der Waals surface area (Å²) in [6, 6.07) is 15.6. The largest absolute Gasteiger partial charge is 0.350 e. The molecule has 1 amide bonds. The van der Waals surface area contributed by atoms with Crippen LogP contribution >= 0.6 is 11.6 Å². The first-order valence-electron chi connectivity index (χ1n) is 10.4.